The largest absolute Gasteiger partial charge is 0.478 e. The molecule has 0 aliphatic rings. The van der Waals surface area contributed by atoms with Gasteiger partial charge in [0.05, 0.1) is 6.61 Å². The van der Waals surface area contributed by atoms with E-state index in [1.807, 2.05) is 19.9 Å². The summed E-state index contributed by atoms with van der Waals surface area (Å²) in [5.74, 6) is 0.881. The number of nitrogens with one attached hydrogen (secondary N) is 1. The molecule has 0 spiro atoms. The van der Waals surface area contributed by atoms with Gasteiger partial charge < -0.3 is 10.1 Å². The maximum atomic E-state index is 13.0. The van der Waals surface area contributed by atoms with Crippen LogP contribution in [0.4, 0.5) is 10.3 Å². The van der Waals surface area contributed by atoms with E-state index in [1.165, 1.54) is 12.1 Å². The normalized spacial score (nSPS) is 10.3. The highest BCUT2D eigenvalue weighted by Gasteiger charge is 2.02. The van der Waals surface area contributed by atoms with Crippen LogP contribution in [0.3, 0.4) is 0 Å². The fraction of sp³-hybridized carbons (Fsp3) is 0.333. The van der Waals surface area contributed by atoms with E-state index < -0.39 is 0 Å². The van der Waals surface area contributed by atoms with Crippen LogP contribution in [0, 0.1) is 12.7 Å². The Morgan fingerprint density at radius 1 is 1.25 bits per heavy atom. The number of aromatic nitrogens is 2. The molecule has 20 heavy (non-hydrogen) atoms. The lowest BCUT2D eigenvalue weighted by Crippen LogP contribution is -2.09. The van der Waals surface area contributed by atoms with Gasteiger partial charge in [0.15, 0.2) is 0 Å². The zero-order valence-electron chi connectivity index (χ0n) is 11.7. The van der Waals surface area contributed by atoms with Crippen LogP contribution in [0.25, 0.3) is 0 Å². The van der Waals surface area contributed by atoms with E-state index in [4.69, 9.17) is 4.74 Å². The zero-order valence-corrected chi connectivity index (χ0v) is 11.7. The maximum absolute atomic E-state index is 13.0. The highest BCUT2D eigenvalue weighted by atomic mass is 19.1. The standard InChI is InChI=1S/C15H18FN3O/c1-3-20-14-9-11(2)18-15(19-14)17-8-7-12-5-4-6-13(16)10-12/h4-6,9-10H,3,7-8H2,1-2H3,(H,17,18,19). The molecule has 2 aromatic rings. The summed E-state index contributed by atoms with van der Waals surface area (Å²) in [5.41, 5.74) is 1.78. The molecule has 1 aromatic carbocycles. The minimum absolute atomic E-state index is 0.215. The lowest BCUT2D eigenvalue weighted by molar-refractivity contribution is 0.326. The lowest BCUT2D eigenvalue weighted by Gasteiger charge is -2.08. The number of rotatable bonds is 6. The molecule has 4 nitrogen and oxygen atoms in total. The highest BCUT2D eigenvalue weighted by molar-refractivity contribution is 5.31. The quantitative estimate of drug-likeness (QED) is 0.880. The van der Waals surface area contributed by atoms with E-state index in [0.29, 0.717) is 31.4 Å². The van der Waals surface area contributed by atoms with E-state index in [-0.39, 0.29) is 5.82 Å². The molecule has 0 radical (unpaired) electrons. The fourth-order valence-corrected chi connectivity index (χ4v) is 1.85. The average molecular weight is 275 g/mol. The smallest absolute Gasteiger partial charge is 0.226 e. The summed E-state index contributed by atoms with van der Waals surface area (Å²) in [4.78, 5) is 8.54. The second-order valence-electron chi connectivity index (χ2n) is 4.41. The number of benzene rings is 1. The summed E-state index contributed by atoms with van der Waals surface area (Å²) in [5, 5.41) is 3.13. The molecular formula is C15H18FN3O. The van der Waals surface area contributed by atoms with E-state index in [0.717, 1.165) is 11.3 Å². The summed E-state index contributed by atoms with van der Waals surface area (Å²) in [7, 11) is 0. The number of hydrogen-bond acceptors (Lipinski definition) is 4. The van der Waals surface area contributed by atoms with E-state index in [9.17, 15) is 4.39 Å². The average Bonchev–Trinajstić information content (AvgIpc) is 2.38. The van der Waals surface area contributed by atoms with Crippen molar-refractivity contribution in [2.24, 2.45) is 0 Å². The molecule has 0 unspecified atom stereocenters. The first-order chi connectivity index (χ1) is 9.67. The van der Waals surface area contributed by atoms with Gasteiger partial charge in [0.2, 0.25) is 11.8 Å². The molecule has 0 fully saturated rings. The van der Waals surface area contributed by atoms with Crippen molar-refractivity contribution in [3.05, 3.63) is 47.4 Å². The molecule has 5 heteroatoms. The molecule has 0 amide bonds. The Kier molecular flexibility index (Phi) is 4.87. The van der Waals surface area contributed by atoms with E-state index in [2.05, 4.69) is 15.3 Å². The van der Waals surface area contributed by atoms with E-state index >= 15 is 0 Å². The first kappa shape index (κ1) is 14.2. The Morgan fingerprint density at radius 3 is 2.85 bits per heavy atom. The molecule has 0 aliphatic heterocycles. The second kappa shape index (κ2) is 6.84. The SMILES string of the molecule is CCOc1cc(C)nc(NCCc2cccc(F)c2)n1. The Hall–Kier alpha value is -2.17. The van der Waals surface area contributed by atoms with Crippen LogP contribution in [0.1, 0.15) is 18.2 Å². The minimum Gasteiger partial charge on any atom is -0.478 e. The first-order valence-electron chi connectivity index (χ1n) is 6.64. The van der Waals surface area contributed by atoms with Crippen molar-refractivity contribution >= 4 is 5.95 Å². The zero-order chi connectivity index (χ0) is 14.4. The molecule has 2 rings (SSSR count). The molecule has 1 aromatic heterocycles. The molecule has 0 saturated heterocycles. The van der Waals surface area contributed by atoms with Crippen LogP contribution in [0.15, 0.2) is 30.3 Å². The molecule has 1 N–H and O–H groups in total. The van der Waals surface area contributed by atoms with Gasteiger partial charge in [-0.3, -0.25) is 0 Å². The Balaban J connectivity index is 1.93. The van der Waals surface area contributed by atoms with Crippen molar-refractivity contribution in [2.45, 2.75) is 20.3 Å². The summed E-state index contributed by atoms with van der Waals surface area (Å²) in [6, 6.07) is 8.37. The van der Waals surface area contributed by atoms with Gasteiger partial charge in [0.25, 0.3) is 0 Å². The molecular weight excluding hydrogens is 257 g/mol. The Labute approximate surface area is 118 Å². The van der Waals surface area contributed by atoms with Gasteiger partial charge in [-0.1, -0.05) is 12.1 Å². The highest BCUT2D eigenvalue weighted by Crippen LogP contribution is 2.12. The second-order valence-corrected chi connectivity index (χ2v) is 4.41. The van der Waals surface area contributed by atoms with Crippen molar-refractivity contribution in [1.82, 2.24) is 9.97 Å². The summed E-state index contributed by atoms with van der Waals surface area (Å²) < 4.78 is 18.4. The maximum Gasteiger partial charge on any atom is 0.226 e. The number of nitrogens with zero attached hydrogens (tertiary/aromatic N) is 2. The molecule has 0 saturated carbocycles. The van der Waals surface area contributed by atoms with Gasteiger partial charge in [-0.05, 0) is 38.0 Å². The third-order valence-electron chi connectivity index (χ3n) is 2.71. The first-order valence-corrected chi connectivity index (χ1v) is 6.64. The van der Waals surface area contributed by atoms with Crippen molar-refractivity contribution in [3.8, 4) is 5.88 Å². The van der Waals surface area contributed by atoms with Gasteiger partial charge in [-0.25, -0.2) is 9.37 Å². The molecule has 106 valence electrons. The summed E-state index contributed by atoms with van der Waals surface area (Å²) in [6.07, 6.45) is 0.707. The van der Waals surface area contributed by atoms with Crippen molar-refractivity contribution < 1.29 is 9.13 Å². The summed E-state index contributed by atoms with van der Waals surface area (Å²) in [6.45, 7) is 5.01. The third kappa shape index (κ3) is 4.19. The Bertz CT molecular complexity index is 575. The predicted octanol–water partition coefficient (Wildman–Crippen LogP) is 2.98. The number of anilines is 1. The van der Waals surface area contributed by atoms with Crippen LogP contribution in [0.5, 0.6) is 5.88 Å². The third-order valence-corrected chi connectivity index (χ3v) is 2.71. The van der Waals surface area contributed by atoms with Gasteiger partial charge in [0, 0.05) is 18.3 Å². The lowest BCUT2D eigenvalue weighted by atomic mass is 10.1. The van der Waals surface area contributed by atoms with Gasteiger partial charge >= 0.3 is 0 Å². The van der Waals surface area contributed by atoms with Crippen molar-refractivity contribution in [1.29, 1.82) is 0 Å². The number of halogens is 1. The Morgan fingerprint density at radius 2 is 2.10 bits per heavy atom. The summed E-state index contributed by atoms with van der Waals surface area (Å²) >= 11 is 0. The van der Waals surface area contributed by atoms with E-state index in [1.54, 1.807) is 12.1 Å². The van der Waals surface area contributed by atoms with Crippen molar-refractivity contribution in [3.63, 3.8) is 0 Å². The van der Waals surface area contributed by atoms with Crippen LogP contribution in [-0.2, 0) is 6.42 Å². The number of aryl methyl sites for hydroxylation is 1. The number of ether oxygens (including phenoxy) is 1. The molecule has 0 bridgehead atoms. The van der Waals surface area contributed by atoms with Crippen LogP contribution in [0.2, 0.25) is 0 Å². The van der Waals surface area contributed by atoms with Crippen LogP contribution < -0.4 is 10.1 Å². The fourth-order valence-electron chi connectivity index (χ4n) is 1.85. The van der Waals surface area contributed by atoms with Gasteiger partial charge in [-0.2, -0.15) is 4.98 Å². The van der Waals surface area contributed by atoms with Gasteiger partial charge in [0.1, 0.15) is 5.82 Å². The van der Waals surface area contributed by atoms with Crippen molar-refractivity contribution in [2.75, 3.05) is 18.5 Å². The predicted molar refractivity (Wildman–Crippen MR) is 76.5 cm³/mol. The number of hydrogen-bond donors (Lipinski definition) is 1. The molecule has 0 aliphatic carbocycles. The van der Waals surface area contributed by atoms with Crippen LogP contribution >= 0.6 is 0 Å². The van der Waals surface area contributed by atoms with Gasteiger partial charge in [-0.15, -0.1) is 0 Å². The van der Waals surface area contributed by atoms with Crippen LogP contribution in [-0.4, -0.2) is 23.1 Å². The monoisotopic (exact) mass is 275 g/mol. The topological polar surface area (TPSA) is 47.0 Å². The minimum atomic E-state index is -0.215. The molecule has 1 heterocycles. The molecule has 0 atom stereocenters.